The van der Waals surface area contributed by atoms with Crippen LogP contribution in [0.4, 0.5) is 0 Å². The van der Waals surface area contributed by atoms with E-state index in [9.17, 15) is 4.79 Å². The van der Waals surface area contributed by atoms with E-state index in [1.807, 2.05) is 0 Å². The summed E-state index contributed by atoms with van der Waals surface area (Å²) in [7, 11) is 3.36. The van der Waals surface area contributed by atoms with E-state index < -0.39 is 0 Å². The molecule has 0 amide bonds. The first kappa shape index (κ1) is 18.9. The Morgan fingerprint density at radius 1 is 1.24 bits per heavy atom. The third kappa shape index (κ3) is 4.64. The van der Waals surface area contributed by atoms with Gasteiger partial charge in [0.15, 0.2) is 11.3 Å². The maximum Gasteiger partial charge on any atom is 1.00 e. The molecule has 6 heteroatoms. The van der Waals surface area contributed by atoms with Crippen LogP contribution in [0.3, 0.4) is 0 Å². The Bertz CT molecular complexity index is 496. The molecule has 1 fully saturated rings. The van der Waals surface area contributed by atoms with Gasteiger partial charge in [-0.2, -0.15) is 0 Å². The van der Waals surface area contributed by atoms with E-state index in [2.05, 4.69) is 0 Å². The van der Waals surface area contributed by atoms with Crippen LogP contribution >= 0.6 is 20.2 Å². The monoisotopic (exact) mass is 322 g/mol. The van der Waals surface area contributed by atoms with Crippen LogP contribution in [0.5, 0.6) is 11.5 Å². The van der Waals surface area contributed by atoms with Crippen LogP contribution in [0.1, 0.15) is 43.9 Å². The molecule has 1 aliphatic carbocycles. The molecule has 0 spiro atoms. The Kier molecular flexibility index (Phi) is 8.14. The van der Waals surface area contributed by atoms with Crippen molar-refractivity contribution in [2.75, 3.05) is 14.2 Å². The molecule has 2 rings (SSSR count). The van der Waals surface area contributed by atoms with Crippen LogP contribution < -0.4 is 28.3 Å². The summed E-state index contributed by atoms with van der Waals surface area (Å²) in [6.45, 7) is 0. The maximum atomic E-state index is 12.6. The van der Waals surface area contributed by atoms with Crippen molar-refractivity contribution >= 4 is 25.7 Å². The fourth-order valence-electron chi connectivity index (χ4n) is 2.63. The third-order valence-corrected chi connectivity index (χ3v) is 5.46. The fourth-order valence-corrected chi connectivity index (χ4v) is 4.31. The smallest absolute Gasteiger partial charge is 1.00 e. The normalized spacial score (nSPS) is 15.8. The number of hydrogen-bond donors (Lipinski definition) is 0. The molecule has 1 aromatic carbocycles. The molecule has 1 aromatic rings. The van der Waals surface area contributed by atoms with Crippen molar-refractivity contribution in [3.63, 3.8) is 0 Å². The number of rotatable bonds is 5. The Labute approximate surface area is 146 Å². The summed E-state index contributed by atoms with van der Waals surface area (Å²) < 4.78 is 10.6. The summed E-state index contributed by atoms with van der Waals surface area (Å²) in [5, 5.41) is 0.449. The number of halogens is 1. The molecule has 0 N–H and O–H groups in total. The van der Waals surface area contributed by atoms with Gasteiger partial charge in [-0.15, -0.1) is 0 Å². The fraction of sp³-hybridized carbons (Fsp3) is 0.533. The molecule has 0 radical (unpaired) electrons. The number of hydrogen-bond acceptors (Lipinski definition) is 3. The summed E-state index contributed by atoms with van der Waals surface area (Å²) in [4.78, 5) is 12.6. The summed E-state index contributed by atoms with van der Waals surface area (Å²) in [5.41, 5.74) is 1.09. The van der Waals surface area contributed by atoms with E-state index in [4.69, 9.17) is 21.1 Å². The molecular formula is C15H21ClLiO3P. The minimum atomic E-state index is 0. The standard InChI is InChI=1S/C15H20ClO3P.Li.H/c1-18-12-9-8-11(16)14(19-2)13(12)15(17)20-10-6-4-3-5-7-10;;/h8-10,20H,3-7H2,1-2H3;;/q;+1;-1. The van der Waals surface area contributed by atoms with E-state index in [0.717, 1.165) is 12.8 Å². The predicted octanol–water partition coefficient (Wildman–Crippen LogP) is 1.63. The molecule has 1 saturated carbocycles. The first-order chi connectivity index (χ1) is 9.67. The summed E-state index contributed by atoms with van der Waals surface area (Å²) in [6, 6.07) is 3.42. The van der Waals surface area contributed by atoms with Gasteiger partial charge in [-0.3, -0.25) is 4.79 Å². The van der Waals surface area contributed by atoms with E-state index in [-0.39, 0.29) is 34.4 Å². The van der Waals surface area contributed by atoms with E-state index in [1.54, 1.807) is 19.2 Å². The largest absolute Gasteiger partial charge is 1.00 e. The van der Waals surface area contributed by atoms with Gasteiger partial charge >= 0.3 is 18.9 Å². The van der Waals surface area contributed by atoms with Crippen LogP contribution in [0.15, 0.2) is 12.1 Å². The van der Waals surface area contributed by atoms with Gasteiger partial charge in [0.25, 0.3) is 0 Å². The van der Waals surface area contributed by atoms with E-state index >= 15 is 0 Å². The average molecular weight is 323 g/mol. The van der Waals surface area contributed by atoms with Gasteiger partial charge in [-0.25, -0.2) is 0 Å². The van der Waals surface area contributed by atoms with Crippen LogP contribution in [-0.2, 0) is 0 Å². The van der Waals surface area contributed by atoms with Gasteiger partial charge in [0.2, 0.25) is 0 Å². The minimum Gasteiger partial charge on any atom is -1.00 e. The summed E-state index contributed by atoms with van der Waals surface area (Å²) in [6.07, 6.45) is 6.05. The SMILES string of the molecule is COc1ccc(Cl)c(OC)c1C(=O)PC1CCCCC1.[H-].[Li+]. The number of ether oxygens (including phenoxy) is 2. The van der Waals surface area contributed by atoms with Crippen LogP contribution in [0, 0.1) is 0 Å². The second kappa shape index (κ2) is 9.06. The van der Waals surface area contributed by atoms with Crippen molar-refractivity contribution in [2.24, 2.45) is 0 Å². The third-order valence-electron chi connectivity index (χ3n) is 3.66. The topological polar surface area (TPSA) is 35.5 Å². The minimum absolute atomic E-state index is 0. The van der Waals surface area contributed by atoms with E-state index in [0.29, 0.717) is 27.7 Å². The molecule has 21 heavy (non-hydrogen) atoms. The molecule has 1 atom stereocenters. The molecule has 1 unspecified atom stereocenters. The molecular weight excluding hydrogens is 302 g/mol. The zero-order valence-corrected chi connectivity index (χ0v) is 14.6. The van der Waals surface area contributed by atoms with Crippen molar-refractivity contribution in [1.82, 2.24) is 0 Å². The Balaban J connectivity index is 0.00000220. The quantitative estimate of drug-likeness (QED) is 0.610. The van der Waals surface area contributed by atoms with Crippen molar-refractivity contribution in [3.8, 4) is 11.5 Å². The molecule has 0 aliphatic heterocycles. The molecule has 3 nitrogen and oxygen atoms in total. The zero-order valence-electron chi connectivity index (χ0n) is 13.9. The van der Waals surface area contributed by atoms with Crippen LogP contribution in [-0.4, -0.2) is 25.4 Å². The second-order valence-corrected chi connectivity index (χ2v) is 6.93. The van der Waals surface area contributed by atoms with Gasteiger partial charge < -0.3 is 10.9 Å². The Morgan fingerprint density at radius 2 is 1.90 bits per heavy atom. The van der Waals surface area contributed by atoms with Gasteiger partial charge in [0.05, 0.1) is 19.2 Å². The Hall–Kier alpha value is -0.193. The molecule has 0 aromatic heterocycles. The second-order valence-electron chi connectivity index (χ2n) is 4.97. The first-order valence-corrected chi connectivity index (χ1v) is 8.34. The first-order valence-electron chi connectivity index (χ1n) is 6.88. The molecule has 0 heterocycles. The van der Waals surface area contributed by atoms with Gasteiger partial charge in [-0.05, 0) is 39.2 Å². The number of benzene rings is 1. The van der Waals surface area contributed by atoms with Crippen LogP contribution in [0.25, 0.3) is 0 Å². The number of methoxy groups -OCH3 is 2. The van der Waals surface area contributed by atoms with Crippen molar-refractivity contribution in [1.29, 1.82) is 0 Å². The average Bonchev–Trinajstić information content (AvgIpc) is 2.47. The van der Waals surface area contributed by atoms with Crippen molar-refractivity contribution < 1.29 is 34.6 Å². The van der Waals surface area contributed by atoms with Gasteiger partial charge in [0, 0.05) is 0 Å². The van der Waals surface area contributed by atoms with Crippen LogP contribution in [0.2, 0.25) is 5.02 Å². The molecule has 0 saturated heterocycles. The summed E-state index contributed by atoms with van der Waals surface area (Å²) in [5.74, 6) is 0.971. The molecule has 1 aliphatic rings. The van der Waals surface area contributed by atoms with Gasteiger partial charge in [-0.1, -0.05) is 30.9 Å². The molecule has 0 bridgehead atoms. The molecule has 112 valence electrons. The van der Waals surface area contributed by atoms with Crippen molar-refractivity contribution in [3.05, 3.63) is 22.7 Å². The number of carbonyl (C=O) groups is 1. The van der Waals surface area contributed by atoms with E-state index in [1.165, 1.54) is 26.4 Å². The number of carbonyl (C=O) groups excluding carboxylic acids is 1. The Morgan fingerprint density at radius 3 is 2.48 bits per heavy atom. The predicted molar refractivity (Wildman–Crippen MR) is 85.2 cm³/mol. The zero-order chi connectivity index (χ0) is 14.5. The maximum absolute atomic E-state index is 12.6. The van der Waals surface area contributed by atoms with Crippen molar-refractivity contribution in [2.45, 2.75) is 37.8 Å². The summed E-state index contributed by atoms with van der Waals surface area (Å²) >= 11 is 6.12. The van der Waals surface area contributed by atoms with Gasteiger partial charge in [0.1, 0.15) is 11.3 Å².